The molecule has 0 nitrogen and oxygen atoms in total. The van der Waals surface area contributed by atoms with Gasteiger partial charge in [-0.15, -0.1) is 0 Å². The van der Waals surface area contributed by atoms with Crippen LogP contribution in [0.25, 0.3) is 0 Å². The van der Waals surface area contributed by atoms with Crippen LogP contribution in [-0.4, -0.2) is 0 Å². The maximum atomic E-state index is 2.49. The molecule has 1 aliphatic rings. The van der Waals surface area contributed by atoms with Crippen LogP contribution < -0.4 is 0 Å². The number of hydrogen-bond donors (Lipinski definition) is 0. The minimum Gasteiger partial charge on any atom is -0.0599 e. The van der Waals surface area contributed by atoms with Crippen molar-refractivity contribution in [2.45, 2.75) is 124 Å². The van der Waals surface area contributed by atoms with Crippen LogP contribution in [0.15, 0.2) is 0 Å². The fourth-order valence-corrected chi connectivity index (χ4v) is 3.90. The summed E-state index contributed by atoms with van der Waals surface area (Å²) in [5.74, 6) is 0. The zero-order valence-corrected chi connectivity index (χ0v) is 15.6. The Balaban J connectivity index is 2.35. The van der Waals surface area contributed by atoms with Crippen LogP contribution in [-0.2, 0) is 0 Å². The second kappa shape index (κ2) is 9.90. The Morgan fingerprint density at radius 3 is 0.762 bits per heavy atom. The number of rotatable bonds is 0. The first-order valence-corrected chi connectivity index (χ1v) is 9.91. The van der Waals surface area contributed by atoms with Crippen LogP contribution in [0.2, 0.25) is 0 Å². The van der Waals surface area contributed by atoms with E-state index in [0.29, 0.717) is 10.8 Å². The molecule has 1 saturated carbocycles. The molecule has 0 N–H and O–H groups in total. The monoisotopic (exact) mass is 294 g/mol. The lowest BCUT2D eigenvalue weighted by atomic mass is 9.80. The lowest BCUT2D eigenvalue weighted by molar-refractivity contribution is 0.272. The lowest BCUT2D eigenvalue weighted by Crippen LogP contribution is -2.11. The van der Waals surface area contributed by atoms with E-state index in [1.807, 2.05) is 0 Å². The summed E-state index contributed by atoms with van der Waals surface area (Å²) >= 11 is 0. The second-order valence-electron chi connectivity index (χ2n) is 9.22. The predicted octanol–water partition coefficient (Wildman–Crippen LogP) is 7.90. The third-order valence-electron chi connectivity index (χ3n) is 5.66. The first kappa shape index (κ1) is 19.0. The molecule has 0 aromatic rings. The van der Waals surface area contributed by atoms with E-state index in [-0.39, 0.29) is 0 Å². The summed E-state index contributed by atoms with van der Waals surface area (Å²) in [6.45, 7) is 9.96. The third kappa shape index (κ3) is 10.4. The van der Waals surface area contributed by atoms with E-state index in [1.54, 1.807) is 0 Å². The molecule has 0 atom stereocenters. The van der Waals surface area contributed by atoms with Gasteiger partial charge in [-0.05, 0) is 36.5 Å². The molecule has 0 aliphatic heterocycles. The van der Waals surface area contributed by atoms with Crippen LogP contribution in [0.4, 0.5) is 0 Å². The topological polar surface area (TPSA) is 0 Å². The molecule has 0 heterocycles. The van der Waals surface area contributed by atoms with E-state index < -0.39 is 0 Å². The molecule has 0 amide bonds. The predicted molar refractivity (Wildman–Crippen MR) is 96.8 cm³/mol. The molecule has 0 bridgehead atoms. The molecule has 0 saturated heterocycles. The van der Waals surface area contributed by atoms with Gasteiger partial charge in [0.1, 0.15) is 0 Å². The van der Waals surface area contributed by atoms with Crippen molar-refractivity contribution in [1.82, 2.24) is 0 Å². The Bertz CT molecular complexity index is 223. The summed E-state index contributed by atoms with van der Waals surface area (Å²) in [4.78, 5) is 0. The van der Waals surface area contributed by atoms with Crippen LogP contribution in [0, 0.1) is 10.8 Å². The summed E-state index contributed by atoms with van der Waals surface area (Å²) in [5, 5.41) is 0. The van der Waals surface area contributed by atoms with Crippen LogP contribution >= 0.6 is 0 Å². The maximum absolute atomic E-state index is 2.49. The van der Waals surface area contributed by atoms with Gasteiger partial charge in [0, 0.05) is 0 Å². The molecule has 1 aliphatic carbocycles. The quantitative estimate of drug-likeness (QED) is 0.426. The summed E-state index contributed by atoms with van der Waals surface area (Å²) in [7, 11) is 0. The minimum atomic E-state index is 0.591. The molecule has 126 valence electrons. The fraction of sp³-hybridized carbons (Fsp3) is 1.00. The highest BCUT2D eigenvalue weighted by molar-refractivity contribution is 4.71. The highest BCUT2D eigenvalue weighted by Crippen LogP contribution is 2.33. The fourth-order valence-electron chi connectivity index (χ4n) is 3.90. The third-order valence-corrected chi connectivity index (χ3v) is 5.66. The molecule has 0 aromatic carbocycles. The molecule has 0 radical (unpaired) electrons. The zero-order chi connectivity index (χ0) is 15.6. The van der Waals surface area contributed by atoms with Gasteiger partial charge in [0.15, 0.2) is 0 Å². The van der Waals surface area contributed by atoms with Crippen molar-refractivity contribution in [1.29, 1.82) is 0 Å². The molecule has 0 aromatic heterocycles. The Hall–Kier alpha value is 0. The highest BCUT2D eigenvalue weighted by atomic mass is 14.2. The summed E-state index contributed by atoms with van der Waals surface area (Å²) < 4.78 is 0. The highest BCUT2D eigenvalue weighted by Gasteiger charge is 2.18. The molecule has 1 fully saturated rings. The average Bonchev–Trinajstić information content (AvgIpc) is 2.40. The summed E-state index contributed by atoms with van der Waals surface area (Å²) in [5.41, 5.74) is 1.18. The Morgan fingerprint density at radius 1 is 0.333 bits per heavy atom. The van der Waals surface area contributed by atoms with Crippen molar-refractivity contribution in [3.8, 4) is 0 Å². The largest absolute Gasteiger partial charge is 0.0599 e. The van der Waals surface area contributed by atoms with E-state index in [2.05, 4.69) is 27.7 Å². The van der Waals surface area contributed by atoms with Gasteiger partial charge < -0.3 is 0 Å². The van der Waals surface area contributed by atoms with Gasteiger partial charge in [0.25, 0.3) is 0 Å². The van der Waals surface area contributed by atoms with E-state index >= 15 is 0 Å². The van der Waals surface area contributed by atoms with E-state index in [0.717, 1.165) is 0 Å². The zero-order valence-electron chi connectivity index (χ0n) is 15.6. The van der Waals surface area contributed by atoms with Gasteiger partial charge in [-0.2, -0.15) is 0 Å². The van der Waals surface area contributed by atoms with Crippen molar-refractivity contribution in [2.24, 2.45) is 10.8 Å². The SMILES string of the molecule is CC1(C)CCCCCCCCCC(C)(C)CCCCCC1. The average molecular weight is 295 g/mol. The molecule has 21 heavy (non-hydrogen) atoms. The van der Waals surface area contributed by atoms with E-state index in [4.69, 9.17) is 0 Å². The van der Waals surface area contributed by atoms with Crippen LogP contribution in [0.3, 0.4) is 0 Å². The lowest BCUT2D eigenvalue weighted by Gasteiger charge is -2.25. The standard InChI is InChI=1S/C21H42/c1-20(2)16-12-8-6-5-7-9-13-17-21(3,4)19-15-11-10-14-18-20/h5-19H2,1-4H3. The first-order chi connectivity index (χ1) is 9.91. The van der Waals surface area contributed by atoms with Crippen molar-refractivity contribution in [3.63, 3.8) is 0 Å². The van der Waals surface area contributed by atoms with Crippen molar-refractivity contribution < 1.29 is 0 Å². The summed E-state index contributed by atoms with van der Waals surface area (Å²) in [6, 6.07) is 0. The van der Waals surface area contributed by atoms with Crippen LogP contribution in [0.1, 0.15) is 124 Å². The first-order valence-electron chi connectivity index (χ1n) is 9.91. The molecule has 0 spiro atoms. The van der Waals surface area contributed by atoms with Crippen LogP contribution in [0.5, 0.6) is 0 Å². The number of hydrogen-bond acceptors (Lipinski definition) is 0. The van der Waals surface area contributed by atoms with Crippen molar-refractivity contribution in [2.75, 3.05) is 0 Å². The summed E-state index contributed by atoms with van der Waals surface area (Å²) in [6.07, 6.45) is 21.9. The van der Waals surface area contributed by atoms with Gasteiger partial charge in [-0.3, -0.25) is 0 Å². The van der Waals surface area contributed by atoms with Gasteiger partial charge >= 0.3 is 0 Å². The molecular weight excluding hydrogens is 252 g/mol. The minimum absolute atomic E-state index is 0.591. The molecule has 0 heteroatoms. The van der Waals surface area contributed by atoms with Gasteiger partial charge in [0.05, 0.1) is 0 Å². The van der Waals surface area contributed by atoms with Crippen molar-refractivity contribution >= 4 is 0 Å². The normalized spacial score (nSPS) is 26.9. The Morgan fingerprint density at radius 2 is 0.524 bits per heavy atom. The van der Waals surface area contributed by atoms with Gasteiger partial charge in [0.2, 0.25) is 0 Å². The molecular formula is C21H42. The van der Waals surface area contributed by atoms with E-state index in [9.17, 15) is 0 Å². The second-order valence-corrected chi connectivity index (χ2v) is 9.22. The molecule has 1 rings (SSSR count). The van der Waals surface area contributed by atoms with Gasteiger partial charge in [-0.1, -0.05) is 98.3 Å². The maximum Gasteiger partial charge on any atom is -0.0354 e. The van der Waals surface area contributed by atoms with E-state index in [1.165, 1.54) is 96.3 Å². The van der Waals surface area contributed by atoms with Crippen molar-refractivity contribution in [3.05, 3.63) is 0 Å². The molecule has 0 unspecified atom stereocenters. The smallest absolute Gasteiger partial charge is 0.0354 e. The Kier molecular flexibility index (Phi) is 8.98. The van der Waals surface area contributed by atoms with Gasteiger partial charge in [-0.25, -0.2) is 0 Å². The Labute approximate surface area is 135 Å².